The van der Waals surface area contributed by atoms with Crippen molar-refractivity contribution in [1.29, 1.82) is 0 Å². The first kappa shape index (κ1) is 29.8. The number of fused-ring (bicyclic) bond motifs is 1. The summed E-state index contributed by atoms with van der Waals surface area (Å²) in [5, 5.41) is 14.7. The lowest BCUT2D eigenvalue weighted by Gasteiger charge is -2.46. The van der Waals surface area contributed by atoms with Crippen LogP contribution >= 0.6 is 0 Å². The number of amides is 2. The number of carbonyl (C=O) groups is 2. The highest BCUT2D eigenvalue weighted by Gasteiger charge is 2.43. The maximum absolute atomic E-state index is 13.8. The Labute approximate surface area is 246 Å². The molecule has 2 aromatic rings. The zero-order valence-electron chi connectivity index (χ0n) is 25.2. The van der Waals surface area contributed by atoms with Crippen molar-refractivity contribution in [3.63, 3.8) is 0 Å². The molecule has 0 radical (unpaired) electrons. The van der Waals surface area contributed by atoms with Crippen LogP contribution in [0.1, 0.15) is 70.4 Å². The zero-order chi connectivity index (χ0) is 29.0. The number of nitrogens with zero attached hydrogens (tertiary/aromatic N) is 2. The number of hydrogen-bond acceptors (Lipinski definition) is 4. The van der Waals surface area contributed by atoms with Gasteiger partial charge in [0.05, 0.1) is 12.1 Å². The molecule has 6 atom stereocenters. The van der Waals surface area contributed by atoms with Crippen molar-refractivity contribution in [3.05, 3.63) is 71.8 Å². The molecule has 41 heavy (non-hydrogen) atoms. The van der Waals surface area contributed by atoms with E-state index >= 15 is 0 Å². The first-order valence-electron chi connectivity index (χ1n) is 15.8. The monoisotopic (exact) mass is 559 g/mol. The first-order chi connectivity index (χ1) is 19.7. The molecule has 2 aromatic carbocycles. The summed E-state index contributed by atoms with van der Waals surface area (Å²) < 4.78 is 0. The average molecular weight is 560 g/mol. The smallest absolute Gasteiger partial charge is 0.237 e. The Bertz CT molecular complexity index is 1150. The van der Waals surface area contributed by atoms with E-state index in [0.29, 0.717) is 24.9 Å². The van der Waals surface area contributed by atoms with E-state index in [1.165, 1.54) is 36.8 Å². The van der Waals surface area contributed by atoms with Gasteiger partial charge in [-0.1, -0.05) is 79.9 Å². The topological polar surface area (TPSA) is 72.9 Å². The van der Waals surface area contributed by atoms with Gasteiger partial charge in [-0.05, 0) is 75.8 Å². The maximum atomic E-state index is 13.8. The third kappa shape index (κ3) is 7.78. The standard InChI is InChI=1S/C35H49N3O3/c1-35(2,3)36-33(40)32-21-27-16-10-11-17-28(27)22-37(32)23-31(39)24-38-30(19-26-14-8-5-9-15-26)20-29(34(38)41)18-25-12-6-4-7-13-25/h4-9,12-15,27-32,39H,10-11,16-24H2,1-3H3,(H,36,40)/t27-,28+,29?,30-,31?,32?/m0/s1. The van der Waals surface area contributed by atoms with E-state index in [9.17, 15) is 14.7 Å². The molecule has 0 bridgehead atoms. The van der Waals surface area contributed by atoms with Gasteiger partial charge >= 0.3 is 0 Å². The highest BCUT2D eigenvalue weighted by molar-refractivity contribution is 5.83. The van der Waals surface area contributed by atoms with Gasteiger partial charge in [-0.15, -0.1) is 0 Å². The number of β-amino-alcohol motifs (C(OH)–C–C–N with tert-alkyl or cyclic N) is 1. The molecule has 3 aliphatic rings. The van der Waals surface area contributed by atoms with Gasteiger partial charge in [0.1, 0.15) is 0 Å². The number of rotatable bonds is 9. The number of nitrogens with one attached hydrogen (secondary N) is 1. The Morgan fingerprint density at radius 2 is 1.51 bits per heavy atom. The molecule has 6 nitrogen and oxygen atoms in total. The van der Waals surface area contributed by atoms with Crippen LogP contribution in [0.2, 0.25) is 0 Å². The fourth-order valence-corrected chi connectivity index (χ4v) is 7.54. The molecule has 222 valence electrons. The summed E-state index contributed by atoms with van der Waals surface area (Å²) in [7, 11) is 0. The van der Waals surface area contributed by atoms with Crippen LogP contribution in [0.3, 0.4) is 0 Å². The lowest BCUT2D eigenvalue weighted by molar-refractivity contribution is -0.136. The minimum atomic E-state index is -0.710. The zero-order valence-corrected chi connectivity index (χ0v) is 25.2. The summed E-state index contributed by atoms with van der Waals surface area (Å²) in [6, 6.07) is 20.4. The second kappa shape index (κ2) is 13.1. The Hall–Kier alpha value is -2.70. The molecule has 2 amide bonds. The molecule has 6 heteroatoms. The molecule has 3 unspecified atom stereocenters. The second-order valence-electron chi connectivity index (χ2n) is 13.9. The van der Waals surface area contributed by atoms with Crippen molar-refractivity contribution in [3.8, 4) is 0 Å². The summed E-state index contributed by atoms with van der Waals surface area (Å²) >= 11 is 0. The molecular weight excluding hydrogens is 510 g/mol. The molecule has 5 rings (SSSR count). The van der Waals surface area contributed by atoms with Crippen molar-refractivity contribution in [2.24, 2.45) is 17.8 Å². The van der Waals surface area contributed by atoms with E-state index in [4.69, 9.17) is 0 Å². The van der Waals surface area contributed by atoms with Gasteiger partial charge < -0.3 is 15.3 Å². The highest BCUT2D eigenvalue weighted by Crippen LogP contribution is 2.39. The summed E-state index contributed by atoms with van der Waals surface area (Å²) in [5.74, 6) is 1.30. The summed E-state index contributed by atoms with van der Waals surface area (Å²) in [5.41, 5.74) is 2.09. The van der Waals surface area contributed by atoms with Crippen LogP contribution in [0.4, 0.5) is 0 Å². The van der Waals surface area contributed by atoms with Gasteiger partial charge in [0.2, 0.25) is 11.8 Å². The van der Waals surface area contributed by atoms with E-state index in [1.807, 2.05) is 62.1 Å². The van der Waals surface area contributed by atoms with E-state index in [0.717, 1.165) is 32.2 Å². The fourth-order valence-electron chi connectivity index (χ4n) is 7.54. The number of aliphatic hydroxyl groups is 1. The molecule has 0 spiro atoms. The summed E-state index contributed by atoms with van der Waals surface area (Å²) in [6.45, 7) is 7.63. The Morgan fingerprint density at radius 1 is 0.902 bits per heavy atom. The van der Waals surface area contributed by atoms with Crippen LogP contribution in [-0.2, 0) is 22.4 Å². The van der Waals surface area contributed by atoms with Crippen molar-refractivity contribution < 1.29 is 14.7 Å². The number of carbonyl (C=O) groups excluding carboxylic acids is 2. The van der Waals surface area contributed by atoms with Crippen LogP contribution in [-0.4, -0.2) is 70.1 Å². The molecular formula is C35H49N3O3. The van der Waals surface area contributed by atoms with Gasteiger partial charge in [0.25, 0.3) is 0 Å². The van der Waals surface area contributed by atoms with E-state index in [2.05, 4.69) is 34.5 Å². The first-order valence-corrected chi connectivity index (χ1v) is 15.8. The molecule has 2 aliphatic heterocycles. The van der Waals surface area contributed by atoms with Crippen molar-refractivity contribution in [2.45, 2.75) is 95.9 Å². The Morgan fingerprint density at radius 3 is 2.15 bits per heavy atom. The van der Waals surface area contributed by atoms with Gasteiger partial charge in [-0.25, -0.2) is 0 Å². The number of likely N-dealkylation sites (tertiary alicyclic amines) is 2. The lowest BCUT2D eigenvalue weighted by Crippen LogP contribution is -2.59. The van der Waals surface area contributed by atoms with Crippen molar-refractivity contribution in [1.82, 2.24) is 15.1 Å². The van der Waals surface area contributed by atoms with Crippen molar-refractivity contribution >= 4 is 11.8 Å². The molecule has 0 aromatic heterocycles. The number of benzene rings is 2. The number of aliphatic hydroxyl groups excluding tert-OH is 1. The van der Waals surface area contributed by atoms with Gasteiger partial charge in [0.15, 0.2) is 0 Å². The van der Waals surface area contributed by atoms with Crippen LogP contribution < -0.4 is 5.32 Å². The van der Waals surface area contributed by atoms with Gasteiger partial charge in [-0.3, -0.25) is 14.5 Å². The molecule has 2 saturated heterocycles. The fraction of sp³-hybridized carbons (Fsp3) is 0.600. The molecule has 1 saturated carbocycles. The van der Waals surface area contributed by atoms with Crippen LogP contribution in [0.25, 0.3) is 0 Å². The second-order valence-corrected chi connectivity index (χ2v) is 13.9. The molecule has 3 fully saturated rings. The quantitative estimate of drug-likeness (QED) is 0.461. The Balaban J connectivity index is 1.30. The van der Waals surface area contributed by atoms with Crippen molar-refractivity contribution in [2.75, 3.05) is 19.6 Å². The van der Waals surface area contributed by atoms with Gasteiger partial charge in [-0.2, -0.15) is 0 Å². The predicted octanol–water partition coefficient (Wildman–Crippen LogP) is 4.85. The molecule has 2 N–H and O–H groups in total. The summed E-state index contributed by atoms with van der Waals surface area (Å²) in [4.78, 5) is 31.4. The van der Waals surface area contributed by atoms with Gasteiger partial charge in [0, 0.05) is 37.1 Å². The van der Waals surface area contributed by atoms with Crippen LogP contribution in [0.15, 0.2) is 60.7 Å². The lowest BCUT2D eigenvalue weighted by atomic mass is 9.72. The predicted molar refractivity (Wildman–Crippen MR) is 163 cm³/mol. The molecule has 1 aliphatic carbocycles. The van der Waals surface area contributed by atoms with E-state index in [1.54, 1.807) is 0 Å². The average Bonchev–Trinajstić information content (AvgIpc) is 3.21. The van der Waals surface area contributed by atoms with Crippen LogP contribution in [0, 0.1) is 17.8 Å². The minimum Gasteiger partial charge on any atom is -0.390 e. The summed E-state index contributed by atoms with van der Waals surface area (Å²) in [6.07, 6.45) is 7.36. The normalized spacial score (nSPS) is 27.9. The SMILES string of the molecule is CC(C)(C)NC(=O)C1C[C@@H]2CCCC[C@@H]2CN1CC(O)CN1C(=O)C(Cc2ccccc2)C[C@@H]1Cc1ccccc1. The third-order valence-electron chi connectivity index (χ3n) is 9.42. The van der Waals surface area contributed by atoms with Crippen LogP contribution in [0.5, 0.6) is 0 Å². The van der Waals surface area contributed by atoms with E-state index in [-0.39, 0.29) is 35.4 Å². The largest absolute Gasteiger partial charge is 0.390 e. The highest BCUT2D eigenvalue weighted by atomic mass is 16.3. The maximum Gasteiger partial charge on any atom is 0.237 e. The third-order valence-corrected chi connectivity index (χ3v) is 9.42. The number of hydrogen-bond donors (Lipinski definition) is 2. The minimum absolute atomic E-state index is 0.0531. The van der Waals surface area contributed by atoms with E-state index < -0.39 is 6.10 Å². The molecule has 2 heterocycles. The number of piperidine rings is 1. The Kier molecular flexibility index (Phi) is 9.50.